The average Bonchev–Trinajstić information content (AvgIpc) is 3.06. The fourth-order valence-corrected chi connectivity index (χ4v) is 4.49. The minimum absolute atomic E-state index is 0.165. The summed E-state index contributed by atoms with van der Waals surface area (Å²) in [5, 5.41) is 6.88. The molecule has 2 saturated heterocycles. The van der Waals surface area contributed by atoms with Crippen molar-refractivity contribution in [3.8, 4) is 0 Å². The summed E-state index contributed by atoms with van der Waals surface area (Å²) in [7, 11) is 0. The first-order valence-corrected chi connectivity index (χ1v) is 8.39. The van der Waals surface area contributed by atoms with E-state index in [-0.39, 0.29) is 11.9 Å². The van der Waals surface area contributed by atoms with Crippen molar-refractivity contribution in [2.75, 3.05) is 0 Å². The summed E-state index contributed by atoms with van der Waals surface area (Å²) in [5.41, 5.74) is 1.19. The molecule has 114 valence electrons. The number of carbonyl (C=O) groups excluding carboxylic acids is 1. The lowest BCUT2D eigenvalue weighted by Crippen LogP contribution is -2.40. The van der Waals surface area contributed by atoms with Gasteiger partial charge in [-0.25, -0.2) is 0 Å². The summed E-state index contributed by atoms with van der Waals surface area (Å²) >= 11 is 0. The maximum absolute atomic E-state index is 12.4. The van der Waals surface area contributed by atoms with E-state index in [0.717, 1.165) is 25.0 Å². The third kappa shape index (κ3) is 2.73. The van der Waals surface area contributed by atoms with Crippen LogP contribution in [0.3, 0.4) is 0 Å². The Morgan fingerprint density at radius 3 is 2.90 bits per heavy atom. The van der Waals surface area contributed by atoms with Gasteiger partial charge in [0, 0.05) is 30.5 Å². The van der Waals surface area contributed by atoms with Gasteiger partial charge in [0.2, 0.25) is 5.91 Å². The van der Waals surface area contributed by atoms with E-state index < -0.39 is 0 Å². The lowest BCUT2D eigenvalue weighted by atomic mass is 9.88. The number of amides is 1. The lowest BCUT2D eigenvalue weighted by molar-refractivity contribution is -0.123. The minimum atomic E-state index is 0.165. The van der Waals surface area contributed by atoms with Gasteiger partial charge in [-0.05, 0) is 50.5 Å². The largest absolute Gasteiger partial charge is 0.469 e. The first-order chi connectivity index (χ1) is 10.3. The van der Waals surface area contributed by atoms with Gasteiger partial charge in [0.1, 0.15) is 5.76 Å². The van der Waals surface area contributed by atoms with E-state index in [1.807, 2.05) is 6.07 Å². The van der Waals surface area contributed by atoms with Gasteiger partial charge in [-0.1, -0.05) is 0 Å². The zero-order valence-corrected chi connectivity index (χ0v) is 12.4. The molecule has 1 amide bonds. The molecule has 1 aromatic rings. The highest BCUT2D eigenvalue weighted by atomic mass is 16.3. The number of piperidine rings is 1. The Morgan fingerprint density at radius 1 is 1.29 bits per heavy atom. The van der Waals surface area contributed by atoms with Gasteiger partial charge in [0.15, 0.2) is 0 Å². The molecule has 2 bridgehead atoms. The zero-order valence-electron chi connectivity index (χ0n) is 12.4. The maximum Gasteiger partial charge on any atom is 0.220 e. The second-order valence-corrected chi connectivity index (χ2v) is 6.99. The summed E-state index contributed by atoms with van der Waals surface area (Å²) in [6.07, 6.45) is 10.5. The van der Waals surface area contributed by atoms with Crippen molar-refractivity contribution in [2.45, 2.75) is 69.5 Å². The number of hydrogen-bond donors (Lipinski definition) is 2. The molecule has 3 unspecified atom stereocenters. The van der Waals surface area contributed by atoms with Crippen molar-refractivity contribution in [3.63, 3.8) is 0 Å². The Hall–Kier alpha value is -1.29. The van der Waals surface area contributed by atoms with Crippen molar-refractivity contribution >= 4 is 5.91 Å². The first kappa shape index (κ1) is 13.4. The third-order valence-electron chi connectivity index (χ3n) is 5.43. The van der Waals surface area contributed by atoms with Crippen LogP contribution in [0, 0.1) is 5.92 Å². The SMILES string of the molecule is O=C(CC1CC2CCC(C1)N2)NC1CCCc2occc21. The Kier molecular flexibility index (Phi) is 3.49. The van der Waals surface area contributed by atoms with Crippen LogP contribution in [0.4, 0.5) is 0 Å². The average molecular weight is 288 g/mol. The predicted octanol–water partition coefficient (Wildman–Crippen LogP) is 2.69. The standard InChI is InChI=1S/C17H24N2O2/c20-17(10-11-8-12-4-5-13(9-11)18-12)19-15-2-1-3-16-14(15)6-7-21-16/h6-7,11-13,15,18H,1-5,8-10H2,(H,19,20). The molecule has 1 aliphatic carbocycles. The molecule has 0 saturated carbocycles. The van der Waals surface area contributed by atoms with Crippen LogP contribution in [0.2, 0.25) is 0 Å². The molecule has 1 aromatic heterocycles. The van der Waals surface area contributed by atoms with Gasteiger partial charge >= 0.3 is 0 Å². The van der Waals surface area contributed by atoms with Crippen LogP contribution < -0.4 is 10.6 Å². The third-order valence-corrected chi connectivity index (χ3v) is 5.43. The normalized spacial score (nSPS) is 34.5. The van der Waals surface area contributed by atoms with Gasteiger partial charge in [0.05, 0.1) is 12.3 Å². The van der Waals surface area contributed by atoms with E-state index in [9.17, 15) is 4.79 Å². The number of hydrogen-bond acceptors (Lipinski definition) is 3. The molecule has 3 atom stereocenters. The Morgan fingerprint density at radius 2 is 2.10 bits per heavy atom. The molecule has 4 heteroatoms. The lowest BCUT2D eigenvalue weighted by Gasteiger charge is -2.29. The van der Waals surface area contributed by atoms with Gasteiger partial charge in [-0.15, -0.1) is 0 Å². The van der Waals surface area contributed by atoms with E-state index in [4.69, 9.17) is 4.42 Å². The molecule has 3 aliphatic rings. The fraction of sp³-hybridized carbons (Fsp3) is 0.706. The number of furan rings is 1. The van der Waals surface area contributed by atoms with E-state index in [1.165, 1.54) is 31.2 Å². The number of aryl methyl sites for hydroxylation is 1. The molecule has 0 spiro atoms. The number of rotatable bonds is 3. The first-order valence-electron chi connectivity index (χ1n) is 8.39. The molecular weight excluding hydrogens is 264 g/mol. The maximum atomic E-state index is 12.4. The van der Waals surface area contributed by atoms with Crippen LogP contribution in [0.5, 0.6) is 0 Å². The van der Waals surface area contributed by atoms with E-state index >= 15 is 0 Å². The van der Waals surface area contributed by atoms with Crippen molar-refractivity contribution in [2.24, 2.45) is 5.92 Å². The number of fused-ring (bicyclic) bond motifs is 3. The molecule has 3 heterocycles. The number of carbonyl (C=O) groups is 1. The minimum Gasteiger partial charge on any atom is -0.469 e. The quantitative estimate of drug-likeness (QED) is 0.899. The van der Waals surface area contributed by atoms with Crippen LogP contribution in [0.15, 0.2) is 16.7 Å². The molecule has 0 radical (unpaired) electrons. The van der Waals surface area contributed by atoms with E-state index in [2.05, 4.69) is 10.6 Å². The highest BCUT2D eigenvalue weighted by molar-refractivity contribution is 5.76. The highest BCUT2D eigenvalue weighted by Gasteiger charge is 2.34. The molecule has 0 aromatic carbocycles. The second-order valence-electron chi connectivity index (χ2n) is 6.99. The highest BCUT2D eigenvalue weighted by Crippen LogP contribution is 2.34. The molecule has 4 rings (SSSR count). The summed E-state index contributed by atoms with van der Waals surface area (Å²) < 4.78 is 5.49. The van der Waals surface area contributed by atoms with Crippen molar-refractivity contribution in [1.29, 1.82) is 0 Å². The van der Waals surface area contributed by atoms with E-state index in [1.54, 1.807) is 6.26 Å². The number of nitrogens with one attached hydrogen (secondary N) is 2. The predicted molar refractivity (Wildman–Crippen MR) is 79.8 cm³/mol. The molecule has 2 N–H and O–H groups in total. The second kappa shape index (κ2) is 5.48. The summed E-state index contributed by atoms with van der Waals surface area (Å²) in [6.45, 7) is 0. The topological polar surface area (TPSA) is 54.3 Å². The van der Waals surface area contributed by atoms with Crippen LogP contribution >= 0.6 is 0 Å². The van der Waals surface area contributed by atoms with Crippen LogP contribution in [-0.4, -0.2) is 18.0 Å². The molecule has 2 fully saturated rings. The van der Waals surface area contributed by atoms with Gasteiger partial charge < -0.3 is 15.1 Å². The fourth-order valence-electron chi connectivity index (χ4n) is 4.49. The van der Waals surface area contributed by atoms with Crippen LogP contribution in [-0.2, 0) is 11.2 Å². The Bertz CT molecular complexity index is 513. The van der Waals surface area contributed by atoms with Crippen molar-refractivity contribution < 1.29 is 9.21 Å². The molecule has 4 nitrogen and oxygen atoms in total. The summed E-state index contributed by atoms with van der Waals surface area (Å²) in [4.78, 5) is 12.4. The zero-order chi connectivity index (χ0) is 14.2. The Labute approximate surface area is 125 Å². The van der Waals surface area contributed by atoms with Crippen LogP contribution in [0.25, 0.3) is 0 Å². The van der Waals surface area contributed by atoms with Gasteiger partial charge in [-0.2, -0.15) is 0 Å². The smallest absolute Gasteiger partial charge is 0.220 e. The summed E-state index contributed by atoms with van der Waals surface area (Å²) in [5.74, 6) is 1.85. The van der Waals surface area contributed by atoms with E-state index in [0.29, 0.717) is 24.4 Å². The summed E-state index contributed by atoms with van der Waals surface area (Å²) in [6, 6.07) is 3.51. The van der Waals surface area contributed by atoms with Crippen LogP contribution in [0.1, 0.15) is 62.3 Å². The monoisotopic (exact) mass is 288 g/mol. The molecule has 2 aliphatic heterocycles. The molecule has 21 heavy (non-hydrogen) atoms. The van der Waals surface area contributed by atoms with Gasteiger partial charge in [-0.3, -0.25) is 4.79 Å². The van der Waals surface area contributed by atoms with Crippen molar-refractivity contribution in [1.82, 2.24) is 10.6 Å². The van der Waals surface area contributed by atoms with Crippen molar-refractivity contribution in [3.05, 3.63) is 23.7 Å². The Balaban J connectivity index is 1.35. The van der Waals surface area contributed by atoms with Gasteiger partial charge in [0.25, 0.3) is 0 Å². The molecular formula is C17H24N2O2.